The number of hydrogen-bond acceptors (Lipinski definition) is 3. The first-order valence-corrected chi connectivity index (χ1v) is 6.13. The van der Waals surface area contributed by atoms with Gasteiger partial charge in [-0.05, 0) is 33.7 Å². The number of amides is 1. The monoisotopic (exact) mass is 227 g/mol. The molecule has 16 heavy (non-hydrogen) atoms. The molecule has 0 bridgehead atoms. The Morgan fingerprint density at radius 2 is 2.25 bits per heavy atom. The SMILES string of the molecule is CC(N)CC(=O)N(C)C1CCN(C)C(C)C1. The summed E-state index contributed by atoms with van der Waals surface area (Å²) < 4.78 is 0. The van der Waals surface area contributed by atoms with Crippen LogP contribution in [0, 0.1) is 0 Å². The highest BCUT2D eigenvalue weighted by molar-refractivity contribution is 5.76. The van der Waals surface area contributed by atoms with E-state index in [9.17, 15) is 4.79 Å². The molecule has 1 aliphatic rings. The standard InChI is InChI=1S/C12H25N3O/c1-9(13)7-12(16)15(4)11-5-6-14(3)10(2)8-11/h9-11H,5-8,13H2,1-4H3. The molecular formula is C12H25N3O. The van der Waals surface area contributed by atoms with Gasteiger partial charge in [-0.3, -0.25) is 4.79 Å². The second kappa shape index (κ2) is 5.64. The van der Waals surface area contributed by atoms with Crippen molar-refractivity contribution in [1.82, 2.24) is 9.80 Å². The van der Waals surface area contributed by atoms with Crippen LogP contribution in [0.2, 0.25) is 0 Å². The molecule has 4 nitrogen and oxygen atoms in total. The Kier molecular flexibility index (Phi) is 4.74. The van der Waals surface area contributed by atoms with Gasteiger partial charge in [-0.15, -0.1) is 0 Å². The minimum atomic E-state index is -0.0429. The average molecular weight is 227 g/mol. The highest BCUT2D eigenvalue weighted by Gasteiger charge is 2.27. The van der Waals surface area contributed by atoms with Crippen LogP contribution in [-0.4, -0.2) is 54.5 Å². The van der Waals surface area contributed by atoms with Crippen molar-refractivity contribution < 1.29 is 4.79 Å². The summed E-state index contributed by atoms with van der Waals surface area (Å²) in [6, 6.07) is 0.903. The number of carbonyl (C=O) groups is 1. The van der Waals surface area contributed by atoms with Crippen molar-refractivity contribution in [2.45, 2.75) is 51.2 Å². The molecule has 0 spiro atoms. The summed E-state index contributed by atoms with van der Waals surface area (Å²) in [6.07, 6.45) is 2.59. The topological polar surface area (TPSA) is 49.6 Å². The third-order valence-electron chi connectivity index (χ3n) is 3.62. The molecule has 0 saturated carbocycles. The van der Waals surface area contributed by atoms with Crippen LogP contribution in [0.15, 0.2) is 0 Å². The Morgan fingerprint density at radius 1 is 1.62 bits per heavy atom. The molecule has 1 amide bonds. The van der Waals surface area contributed by atoms with E-state index in [1.54, 1.807) is 0 Å². The maximum Gasteiger partial charge on any atom is 0.224 e. The van der Waals surface area contributed by atoms with Gasteiger partial charge in [0.2, 0.25) is 5.91 Å². The third-order valence-corrected chi connectivity index (χ3v) is 3.62. The summed E-state index contributed by atoms with van der Waals surface area (Å²) in [6.45, 7) is 5.17. The molecule has 3 unspecified atom stereocenters. The molecule has 0 aliphatic carbocycles. The van der Waals surface area contributed by atoms with Gasteiger partial charge in [0.05, 0.1) is 0 Å². The summed E-state index contributed by atoms with van der Waals surface area (Å²) in [5.74, 6) is 0.178. The smallest absolute Gasteiger partial charge is 0.224 e. The highest BCUT2D eigenvalue weighted by atomic mass is 16.2. The largest absolute Gasteiger partial charge is 0.343 e. The summed E-state index contributed by atoms with van der Waals surface area (Å²) in [5, 5.41) is 0. The molecule has 1 rings (SSSR count). The first-order valence-electron chi connectivity index (χ1n) is 6.13. The quantitative estimate of drug-likeness (QED) is 0.771. The summed E-state index contributed by atoms with van der Waals surface area (Å²) >= 11 is 0. The van der Waals surface area contributed by atoms with Crippen LogP contribution in [0.1, 0.15) is 33.1 Å². The van der Waals surface area contributed by atoms with Gasteiger partial charge < -0.3 is 15.5 Å². The molecule has 1 aliphatic heterocycles. The van der Waals surface area contributed by atoms with Crippen LogP contribution in [0.4, 0.5) is 0 Å². The van der Waals surface area contributed by atoms with Gasteiger partial charge in [0.25, 0.3) is 0 Å². The number of carbonyl (C=O) groups excluding carboxylic acids is 1. The van der Waals surface area contributed by atoms with Gasteiger partial charge in [-0.2, -0.15) is 0 Å². The lowest BCUT2D eigenvalue weighted by atomic mass is 9.97. The fourth-order valence-corrected chi connectivity index (χ4v) is 2.24. The molecule has 0 aromatic carbocycles. The van der Waals surface area contributed by atoms with E-state index in [-0.39, 0.29) is 11.9 Å². The number of nitrogens with two attached hydrogens (primary N) is 1. The molecule has 1 saturated heterocycles. The van der Waals surface area contributed by atoms with Gasteiger partial charge in [0, 0.05) is 38.1 Å². The maximum atomic E-state index is 11.9. The van der Waals surface area contributed by atoms with Crippen molar-refractivity contribution >= 4 is 5.91 Å². The van der Waals surface area contributed by atoms with Gasteiger partial charge >= 0.3 is 0 Å². The first-order chi connectivity index (χ1) is 7.41. The lowest BCUT2D eigenvalue weighted by Crippen LogP contribution is -2.48. The Balaban J connectivity index is 2.48. The zero-order valence-electron chi connectivity index (χ0n) is 10.9. The Labute approximate surface area is 98.8 Å². The van der Waals surface area contributed by atoms with Crippen LogP contribution in [0.3, 0.4) is 0 Å². The zero-order chi connectivity index (χ0) is 12.3. The number of nitrogens with zero attached hydrogens (tertiary/aromatic N) is 2. The van der Waals surface area contributed by atoms with E-state index in [4.69, 9.17) is 5.73 Å². The van der Waals surface area contributed by atoms with E-state index < -0.39 is 0 Å². The van der Waals surface area contributed by atoms with Crippen molar-refractivity contribution in [2.75, 3.05) is 20.6 Å². The molecule has 94 valence electrons. The van der Waals surface area contributed by atoms with E-state index in [1.165, 1.54) is 0 Å². The van der Waals surface area contributed by atoms with Crippen molar-refractivity contribution in [3.63, 3.8) is 0 Å². The van der Waals surface area contributed by atoms with E-state index in [0.717, 1.165) is 19.4 Å². The minimum absolute atomic E-state index is 0.0429. The Morgan fingerprint density at radius 3 is 2.75 bits per heavy atom. The maximum absolute atomic E-state index is 11.9. The predicted octanol–water partition coefficient (Wildman–Crippen LogP) is 0.665. The normalized spacial score (nSPS) is 28.8. The second-order valence-electron chi connectivity index (χ2n) is 5.19. The van der Waals surface area contributed by atoms with E-state index in [2.05, 4.69) is 18.9 Å². The number of rotatable bonds is 3. The molecular weight excluding hydrogens is 202 g/mol. The molecule has 1 fully saturated rings. The summed E-state index contributed by atoms with van der Waals surface area (Å²) in [5.41, 5.74) is 5.65. The molecule has 0 radical (unpaired) electrons. The Hall–Kier alpha value is -0.610. The molecule has 0 aromatic heterocycles. The fourth-order valence-electron chi connectivity index (χ4n) is 2.24. The van der Waals surface area contributed by atoms with Crippen molar-refractivity contribution in [3.8, 4) is 0 Å². The summed E-state index contributed by atoms with van der Waals surface area (Å²) in [7, 11) is 4.05. The van der Waals surface area contributed by atoms with Gasteiger partial charge in [-0.25, -0.2) is 0 Å². The van der Waals surface area contributed by atoms with Crippen LogP contribution >= 0.6 is 0 Å². The number of likely N-dealkylation sites (tertiary alicyclic amines) is 1. The van der Waals surface area contributed by atoms with E-state index in [0.29, 0.717) is 18.5 Å². The second-order valence-corrected chi connectivity index (χ2v) is 5.19. The van der Waals surface area contributed by atoms with Gasteiger partial charge in [0.15, 0.2) is 0 Å². The zero-order valence-corrected chi connectivity index (χ0v) is 10.9. The predicted molar refractivity (Wildman–Crippen MR) is 66.2 cm³/mol. The first kappa shape index (κ1) is 13.5. The molecule has 4 heteroatoms. The van der Waals surface area contributed by atoms with Gasteiger partial charge in [-0.1, -0.05) is 0 Å². The van der Waals surface area contributed by atoms with E-state index in [1.807, 2.05) is 18.9 Å². The minimum Gasteiger partial charge on any atom is -0.343 e. The molecule has 1 heterocycles. The van der Waals surface area contributed by atoms with Crippen LogP contribution in [-0.2, 0) is 4.79 Å². The van der Waals surface area contributed by atoms with Crippen molar-refractivity contribution in [1.29, 1.82) is 0 Å². The highest BCUT2D eigenvalue weighted by Crippen LogP contribution is 2.20. The van der Waals surface area contributed by atoms with E-state index >= 15 is 0 Å². The van der Waals surface area contributed by atoms with Crippen LogP contribution in [0.5, 0.6) is 0 Å². The Bertz CT molecular complexity index is 242. The van der Waals surface area contributed by atoms with Crippen LogP contribution in [0.25, 0.3) is 0 Å². The van der Waals surface area contributed by atoms with Crippen LogP contribution < -0.4 is 5.73 Å². The number of hydrogen-bond donors (Lipinski definition) is 1. The molecule has 0 aromatic rings. The van der Waals surface area contributed by atoms with Crippen molar-refractivity contribution in [3.05, 3.63) is 0 Å². The molecule has 3 atom stereocenters. The number of piperidine rings is 1. The third kappa shape index (κ3) is 3.46. The van der Waals surface area contributed by atoms with Gasteiger partial charge in [0.1, 0.15) is 0 Å². The fraction of sp³-hybridized carbons (Fsp3) is 0.917. The van der Waals surface area contributed by atoms with Crippen molar-refractivity contribution in [2.24, 2.45) is 5.73 Å². The lowest BCUT2D eigenvalue weighted by molar-refractivity contribution is -0.133. The molecule has 2 N–H and O–H groups in total. The lowest BCUT2D eigenvalue weighted by Gasteiger charge is -2.39. The summed E-state index contributed by atoms with van der Waals surface area (Å²) in [4.78, 5) is 16.1. The average Bonchev–Trinajstić information content (AvgIpc) is 2.20.